The van der Waals surface area contributed by atoms with Crippen molar-refractivity contribution < 1.29 is 28.9 Å². The molecule has 2 atom stereocenters. The number of carbonyl (C=O) groups excluding carboxylic acids is 2. The number of rotatable bonds is 8. The zero-order valence-corrected chi connectivity index (χ0v) is 19.6. The highest BCUT2D eigenvalue weighted by atomic mass is 32.1. The van der Waals surface area contributed by atoms with E-state index in [2.05, 4.69) is 4.89 Å². The van der Waals surface area contributed by atoms with Crippen molar-refractivity contribution in [3.8, 4) is 5.75 Å². The lowest BCUT2D eigenvalue weighted by atomic mass is 9.87. The third-order valence-electron chi connectivity index (χ3n) is 5.85. The molecule has 1 aliphatic heterocycles. The molecule has 1 unspecified atom stereocenters. The molecule has 1 fully saturated rings. The maximum atomic E-state index is 14.2. The maximum absolute atomic E-state index is 14.2. The van der Waals surface area contributed by atoms with Crippen LogP contribution in [0.3, 0.4) is 0 Å². The summed E-state index contributed by atoms with van der Waals surface area (Å²) in [4.78, 5) is 32.9. The molecule has 0 saturated carbocycles. The van der Waals surface area contributed by atoms with Crippen LogP contribution < -0.4 is 10.5 Å². The molecule has 1 aromatic heterocycles. The molecule has 1 saturated heterocycles. The number of nitrogens with two attached hydrogens (primary N) is 1. The van der Waals surface area contributed by atoms with Gasteiger partial charge in [-0.3, -0.25) is 15.5 Å². The number of nitrogens with zero attached hydrogens (tertiary/aromatic N) is 1. The average Bonchev–Trinajstić information content (AvgIpc) is 3.43. The molecule has 0 aliphatic carbocycles. The van der Waals surface area contributed by atoms with Gasteiger partial charge in [-0.2, -0.15) is 0 Å². The largest absolute Gasteiger partial charge is 0.419 e. The Kier molecular flexibility index (Phi) is 7.51. The first-order chi connectivity index (χ1) is 15.5. The van der Waals surface area contributed by atoms with Crippen LogP contribution in [0.1, 0.15) is 47.3 Å². The van der Waals surface area contributed by atoms with E-state index in [9.17, 15) is 14.0 Å². The molecule has 4 N–H and O–H groups in total. The van der Waals surface area contributed by atoms with Gasteiger partial charge < -0.3 is 15.4 Å². The van der Waals surface area contributed by atoms with E-state index in [1.807, 2.05) is 13.8 Å². The van der Waals surface area contributed by atoms with Crippen molar-refractivity contribution in [3.63, 3.8) is 0 Å². The fourth-order valence-electron chi connectivity index (χ4n) is 3.86. The third kappa shape index (κ3) is 5.76. The van der Waals surface area contributed by atoms with E-state index in [-0.39, 0.29) is 35.1 Å². The highest BCUT2D eigenvalue weighted by Crippen LogP contribution is 2.32. The Bertz CT molecular complexity index is 1050. The number of hydrogen-bond donors (Lipinski definition) is 3. The molecule has 3 rings (SSSR count). The van der Waals surface area contributed by atoms with E-state index in [4.69, 9.17) is 21.1 Å². The number of likely N-dealkylation sites (tertiary alicyclic amines) is 1. The van der Waals surface area contributed by atoms with Gasteiger partial charge in [0.05, 0.1) is 6.10 Å². The minimum atomic E-state index is -0.788. The summed E-state index contributed by atoms with van der Waals surface area (Å²) < 4.78 is 19.3. The summed E-state index contributed by atoms with van der Waals surface area (Å²) in [5.74, 6) is -1.94. The third-order valence-corrected chi connectivity index (χ3v) is 6.91. The summed E-state index contributed by atoms with van der Waals surface area (Å²) in [6, 6.07) is 7.05. The second kappa shape index (κ2) is 9.98. The van der Waals surface area contributed by atoms with Gasteiger partial charge in [0, 0.05) is 34.9 Å². The molecular formula is C23H28FN3O5S. The first-order valence-electron chi connectivity index (χ1n) is 10.6. The van der Waals surface area contributed by atoms with Crippen molar-refractivity contribution in [2.24, 2.45) is 17.1 Å². The highest BCUT2D eigenvalue weighted by molar-refractivity contribution is 7.14. The molecular weight excluding hydrogens is 449 g/mol. The number of nitrogen functional groups attached to an aromatic ring is 1. The molecule has 1 aliphatic rings. The van der Waals surface area contributed by atoms with Crippen LogP contribution in [0.25, 0.3) is 0 Å². The molecule has 10 heteroatoms. The van der Waals surface area contributed by atoms with Crippen LogP contribution in [-0.4, -0.2) is 47.1 Å². The van der Waals surface area contributed by atoms with Gasteiger partial charge in [-0.1, -0.05) is 13.8 Å². The summed E-state index contributed by atoms with van der Waals surface area (Å²) in [5.41, 5.74) is 4.83. The molecule has 0 spiro atoms. The predicted molar refractivity (Wildman–Crippen MR) is 122 cm³/mol. The molecule has 1 aromatic carbocycles. The summed E-state index contributed by atoms with van der Waals surface area (Å²) in [6.07, 6.45) is 0.863. The Balaban J connectivity index is 1.63. The van der Waals surface area contributed by atoms with Crippen LogP contribution in [0.2, 0.25) is 0 Å². The van der Waals surface area contributed by atoms with Crippen LogP contribution in [-0.2, 0) is 16.1 Å². The quantitative estimate of drug-likeness (QED) is 0.133. The predicted octanol–water partition coefficient (Wildman–Crippen LogP) is 3.69. The maximum Gasteiger partial charge on any atom is 0.353 e. The zero-order valence-electron chi connectivity index (χ0n) is 18.8. The van der Waals surface area contributed by atoms with Crippen LogP contribution in [0, 0.1) is 22.6 Å². The SMILES string of the molecule is CC(OO)[C@@H]1CCN(C(=O)C(C)(C)Cc2ccc(C(=O)Oc3ccc(C(=N)N)cc3F)s2)C1. The molecule has 2 heterocycles. The minimum Gasteiger partial charge on any atom is -0.419 e. The van der Waals surface area contributed by atoms with E-state index >= 15 is 0 Å². The van der Waals surface area contributed by atoms with Crippen molar-refractivity contribution in [2.75, 3.05) is 13.1 Å². The Labute approximate surface area is 195 Å². The van der Waals surface area contributed by atoms with E-state index in [1.165, 1.54) is 23.5 Å². The first kappa shape index (κ1) is 24.8. The second-order valence-electron chi connectivity index (χ2n) is 8.89. The van der Waals surface area contributed by atoms with E-state index in [1.54, 1.807) is 24.0 Å². The van der Waals surface area contributed by atoms with Crippen LogP contribution in [0.4, 0.5) is 4.39 Å². The monoisotopic (exact) mass is 477 g/mol. The van der Waals surface area contributed by atoms with E-state index in [0.717, 1.165) is 17.4 Å². The smallest absolute Gasteiger partial charge is 0.353 e. The van der Waals surface area contributed by atoms with Gasteiger partial charge in [0.1, 0.15) is 10.7 Å². The van der Waals surface area contributed by atoms with Crippen LogP contribution in [0.5, 0.6) is 5.75 Å². The summed E-state index contributed by atoms with van der Waals surface area (Å²) in [5, 5.41) is 16.2. The van der Waals surface area contributed by atoms with Gasteiger partial charge in [0.15, 0.2) is 11.6 Å². The number of thiophene rings is 1. The normalized spacial score (nSPS) is 17.1. The van der Waals surface area contributed by atoms with Crippen molar-refractivity contribution >= 4 is 29.0 Å². The number of hydrogen-bond acceptors (Lipinski definition) is 7. The lowest BCUT2D eigenvalue weighted by Crippen LogP contribution is -2.41. The van der Waals surface area contributed by atoms with Gasteiger partial charge in [-0.05, 0) is 50.1 Å². The fraction of sp³-hybridized carbons (Fsp3) is 0.435. The lowest BCUT2D eigenvalue weighted by Gasteiger charge is -2.29. The van der Waals surface area contributed by atoms with E-state index in [0.29, 0.717) is 24.4 Å². The highest BCUT2D eigenvalue weighted by Gasteiger charge is 2.38. The number of ether oxygens (including phenoxy) is 1. The van der Waals surface area contributed by atoms with Gasteiger partial charge >= 0.3 is 5.97 Å². The Hall–Kier alpha value is -2.82. The van der Waals surface area contributed by atoms with Crippen molar-refractivity contribution in [1.29, 1.82) is 5.41 Å². The van der Waals surface area contributed by atoms with E-state index < -0.39 is 17.2 Å². The molecule has 0 bridgehead atoms. The Morgan fingerprint density at radius 3 is 2.73 bits per heavy atom. The number of halogens is 1. The summed E-state index contributed by atoms with van der Waals surface area (Å²) in [6.45, 7) is 6.63. The standard InChI is InChI=1S/C23H28FN3O5S/c1-13(32-30)15-8-9-27(12-15)22(29)23(2,3)11-16-5-7-19(33-16)21(28)31-18-6-4-14(20(25)26)10-17(18)24/h4-7,10,13,15,30H,8-9,11-12H2,1-3H3,(H3,25,26)/t13?,15-/m1/s1. The molecule has 178 valence electrons. The van der Waals surface area contributed by atoms with Crippen molar-refractivity contribution in [1.82, 2.24) is 4.90 Å². The fourth-order valence-corrected chi connectivity index (χ4v) is 4.98. The first-order valence-corrected chi connectivity index (χ1v) is 11.4. The molecule has 33 heavy (non-hydrogen) atoms. The van der Waals surface area contributed by atoms with Crippen molar-refractivity contribution in [2.45, 2.75) is 39.7 Å². The minimum absolute atomic E-state index is 0.000276. The topological polar surface area (TPSA) is 126 Å². The summed E-state index contributed by atoms with van der Waals surface area (Å²) >= 11 is 1.20. The summed E-state index contributed by atoms with van der Waals surface area (Å²) in [7, 11) is 0. The Morgan fingerprint density at radius 1 is 1.36 bits per heavy atom. The molecule has 0 radical (unpaired) electrons. The van der Waals surface area contributed by atoms with Gasteiger partial charge in [0.25, 0.3) is 0 Å². The van der Waals surface area contributed by atoms with Crippen molar-refractivity contribution in [3.05, 3.63) is 51.5 Å². The number of benzene rings is 1. The number of carbonyl (C=O) groups is 2. The Morgan fingerprint density at radius 2 is 2.09 bits per heavy atom. The van der Waals surface area contributed by atoms with Crippen LogP contribution >= 0.6 is 11.3 Å². The molecule has 8 nitrogen and oxygen atoms in total. The van der Waals surface area contributed by atoms with Gasteiger partial charge in [-0.15, -0.1) is 11.3 Å². The second-order valence-corrected chi connectivity index (χ2v) is 10.1. The lowest BCUT2D eigenvalue weighted by molar-refractivity contribution is -0.284. The number of amidine groups is 1. The average molecular weight is 478 g/mol. The van der Waals surface area contributed by atoms with Gasteiger partial charge in [0.2, 0.25) is 5.91 Å². The zero-order chi connectivity index (χ0) is 24.3. The number of esters is 1. The molecule has 1 amide bonds. The van der Waals surface area contributed by atoms with Gasteiger partial charge in [-0.25, -0.2) is 14.1 Å². The molecule has 2 aromatic rings. The van der Waals surface area contributed by atoms with Crippen LogP contribution in [0.15, 0.2) is 30.3 Å². The number of amides is 1. The number of nitrogens with one attached hydrogen (secondary N) is 1.